The number of amides is 1. The van der Waals surface area contributed by atoms with Gasteiger partial charge in [-0.25, -0.2) is 14.4 Å². The number of phenols is 1. The predicted molar refractivity (Wildman–Crippen MR) is 144 cm³/mol. The van der Waals surface area contributed by atoms with Crippen molar-refractivity contribution in [2.24, 2.45) is 0 Å². The van der Waals surface area contributed by atoms with Crippen molar-refractivity contribution in [1.29, 1.82) is 0 Å². The number of rotatable bonds is 6. The zero-order valence-corrected chi connectivity index (χ0v) is 22.1. The summed E-state index contributed by atoms with van der Waals surface area (Å²) >= 11 is 6.10. The zero-order chi connectivity index (χ0) is 29.0. The summed E-state index contributed by atoms with van der Waals surface area (Å²) in [7, 11) is 0. The number of nitrogens with one attached hydrogen (secondary N) is 1. The van der Waals surface area contributed by atoms with Crippen LogP contribution in [0, 0.1) is 17.6 Å². The van der Waals surface area contributed by atoms with E-state index in [2.05, 4.69) is 15.3 Å². The van der Waals surface area contributed by atoms with Gasteiger partial charge in [0, 0.05) is 49.4 Å². The Morgan fingerprint density at radius 3 is 2.56 bits per heavy atom. The van der Waals surface area contributed by atoms with E-state index in [-0.39, 0.29) is 33.6 Å². The van der Waals surface area contributed by atoms with E-state index in [0.29, 0.717) is 44.1 Å². The molecule has 0 bridgehead atoms. The normalized spacial score (nSPS) is 14.6. The van der Waals surface area contributed by atoms with Gasteiger partial charge in [-0.2, -0.15) is 8.78 Å². The first-order valence-electron chi connectivity index (χ1n) is 12.9. The van der Waals surface area contributed by atoms with Crippen molar-refractivity contribution >= 4 is 46.3 Å². The molecule has 1 saturated heterocycles. The molecule has 0 aliphatic carbocycles. The standard InChI is InChI=1S/C27H22ClF3N6O4/c28-21-16(9-18(33-25(21)31)35-5-1-2-6-35)32-19(39)11-36-10-15(14-8-13(12-38)24(40)23(30)22(14)29)20-26(36)34-17-4-3-7-37(17)27(20)41/h8-10,12,40H,1-7,11H2,(H,32,33,39). The number of pyridine rings is 1. The monoisotopic (exact) mass is 586 g/mol. The molecule has 0 saturated carbocycles. The molecule has 212 valence electrons. The first-order chi connectivity index (χ1) is 19.7. The molecule has 6 rings (SSSR count). The van der Waals surface area contributed by atoms with Crippen LogP contribution in [-0.4, -0.2) is 49.5 Å². The zero-order valence-electron chi connectivity index (χ0n) is 21.4. The Kier molecular flexibility index (Phi) is 6.68. The van der Waals surface area contributed by atoms with Crippen molar-refractivity contribution in [1.82, 2.24) is 19.1 Å². The molecular formula is C27H22ClF3N6O4. The second-order valence-corrected chi connectivity index (χ2v) is 10.3. The summed E-state index contributed by atoms with van der Waals surface area (Å²) in [5.41, 5.74) is -1.58. The third-order valence-electron chi connectivity index (χ3n) is 7.39. The Hall–Kier alpha value is -4.39. The number of aromatic nitrogens is 4. The summed E-state index contributed by atoms with van der Waals surface area (Å²) in [5.74, 6) is -5.10. The fourth-order valence-electron chi connectivity index (χ4n) is 5.40. The third kappa shape index (κ3) is 4.49. The van der Waals surface area contributed by atoms with Crippen molar-refractivity contribution in [3.05, 3.63) is 62.7 Å². The van der Waals surface area contributed by atoms with Crippen LogP contribution in [0.5, 0.6) is 5.75 Å². The summed E-state index contributed by atoms with van der Waals surface area (Å²) in [6.45, 7) is 1.30. The van der Waals surface area contributed by atoms with Crippen LogP contribution >= 0.6 is 11.6 Å². The van der Waals surface area contributed by atoms with Gasteiger partial charge in [-0.1, -0.05) is 11.6 Å². The molecule has 0 unspecified atom stereocenters. The molecular weight excluding hydrogens is 565 g/mol. The fourth-order valence-corrected chi connectivity index (χ4v) is 5.55. The highest BCUT2D eigenvalue weighted by Gasteiger charge is 2.27. The van der Waals surface area contributed by atoms with Crippen LogP contribution in [0.3, 0.4) is 0 Å². The number of anilines is 2. The van der Waals surface area contributed by atoms with Crippen molar-refractivity contribution in [2.75, 3.05) is 23.3 Å². The van der Waals surface area contributed by atoms with Gasteiger partial charge in [0.2, 0.25) is 17.7 Å². The van der Waals surface area contributed by atoms with E-state index in [0.717, 1.165) is 18.9 Å². The number of benzene rings is 1. The van der Waals surface area contributed by atoms with Crippen LogP contribution in [0.2, 0.25) is 5.02 Å². The largest absolute Gasteiger partial charge is 0.504 e. The third-order valence-corrected chi connectivity index (χ3v) is 7.75. The first-order valence-corrected chi connectivity index (χ1v) is 13.3. The molecule has 0 atom stereocenters. The topological polar surface area (TPSA) is 122 Å². The van der Waals surface area contributed by atoms with Crippen molar-refractivity contribution in [3.63, 3.8) is 0 Å². The van der Waals surface area contributed by atoms with Gasteiger partial charge in [0.25, 0.3) is 5.56 Å². The lowest BCUT2D eigenvalue weighted by atomic mass is 10.0. The van der Waals surface area contributed by atoms with E-state index in [1.165, 1.54) is 21.4 Å². The number of hydrogen-bond acceptors (Lipinski definition) is 7. The predicted octanol–water partition coefficient (Wildman–Crippen LogP) is 4.03. The maximum atomic E-state index is 15.1. The fraction of sp³-hybridized carbons (Fsp3) is 0.296. The molecule has 0 spiro atoms. The Morgan fingerprint density at radius 2 is 1.83 bits per heavy atom. The van der Waals surface area contributed by atoms with Crippen LogP contribution in [0.4, 0.5) is 24.7 Å². The number of hydrogen-bond donors (Lipinski definition) is 2. The number of carbonyl (C=O) groups is 2. The Bertz CT molecular complexity index is 1820. The van der Waals surface area contributed by atoms with E-state index in [4.69, 9.17) is 11.6 Å². The molecule has 4 aromatic rings. The van der Waals surface area contributed by atoms with Crippen LogP contribution in [0.15, 0.2) is 23.1 Å². The highest BCUT2D eigenvalue weighted by molar-refractivity contribution is 6.33. The molecule has 2 aliphatic rings. The number of carbonyl (C=O) groups excluding carboxylic acids is 2. The van der Waals surface area contributed by atoms with Crippen LogP contribution in [-0.2, 0) is 24.3 Å². The lowest BCUT2D eigenvalue weighted by molar-refractivity contribution is -0.116. The summed E-state index contributed by atoms with van der Waals surface area (Å²) in [6.07, 6.45) is 4.40. The molecule has 10 nitrogen and oxygen atoms in total. The minimum Gasteiger partial charge on any atom is -0.504 e. The Labute approximate surface area is 235 Å². The number of aldehydes is 1. The van der Waals surface area contributed by atoms with E-state index >= 15 is 4.39 Å². The van der Waals surface area contributed by atoms with Gasteiger partial charge in [-0.05, 0) is 25.3 Å². The number of halogens is 4. The average molecular weight is 587 g/mol. The molecule has 14 heteroatoms. The molecule has 1 amide bonds. The SMILES string of the molecule is O=Cc1cc(-c2cn(CC(=O)Nc3cc(N4CCCC4)nc(F)c3Cl)c3nc4n(c(=O)c23)CCC4)c(F)c(F)c1O. The average Bonchev–Trinajstić information content (AvgIpc) is 3.71. The maximum absolute atomic E-state index is 15.1. The van der Waals surface area contributed by atoms with Gasteiger partial charge in [-0.3, -0.25) is 19.0 Å². The maximum Gasteiger partial charge on any atom is 0.263 e. The minimum absolute atomic E-state index is 0.000975. The van der Waals surface area contributed by atoms with Gasteiger partial charge in [-0.15, -0.1) is 0 Å². The number of nitrogens with zero attached hydrogens (tertiary/aromatic N) is 5. The van der Waals surface area contributed by atoms with Crippen LogP contribution in [0.25, 0.3) is 22.2 Å². The molecule has 5 heterocycles. The lowest BCUT2D eigenvalue weighted by Crippen LogP contribution is -2.23. The second-order valence-electron chi connectivity index (χ2n) is 9.94. The highest BCUT2D eigenvalue weighted by Crippen LogP contribution is 2.36. The minimum atomic E-state index is -1.65. The van der Waals surface area contributed by atoms with Gasteiger partial charge in [0.15, 0.2) is 17.9 Å². The van der Waals surface area contributed by atoms with E-state index in [9.17, 15) is 28.3 Å². The van der Waals surface area contributed by atoms with E-state index in [1.807, 2.05) is 4.90 Å². The second kappa shape index (κ2) is 10.2. The number of fused-ring (bicyclic) bond motifs is 2. The molecule has 41 heavy (non-hydrogen) atoms. The van der Waals surface area contributed by atoms with Crippen LogP contribution < -0.4 is 15.8 Å². The summed E-state index contributed by atoms with van der Waals surface area (Å²) < 4.78 is 46.8. The van der Waals surface area contributed by atoms with E-state index < -0.39 is 52.5 Å². The molecule has 1 aromatic carbocycles. The molecule has 0 radical (unpaired) electrons. The summed E-state index contributed by atoms with van der Waals surface area (Å²) in [5, 5.41) is 11.9. The van der Waals surface area contributed by atoms with Gasteiger partial charge in [0.1, 0.15) is 28.9 Å². The highest BCUT2D eigenvalue weighted by atomic mass is 35.5. The molecule has 2 N–H and O–H groups in total. The Morgan fingerprint density at radius 1 is 1.07 bits per heavy atom. The van der Waals surface area contributed by atoms with Crippen molar-refractivity contribution in [3.8, 4) is 16.9 Å². The molecule has 2 aliphatic heterocycles. The van der Waals surface area contributed by atoms with Crippen molar-refractivity contribution in [2.45, 2.75) is 38.8 Å². The molecule has 1 fully saturated rings. The number of aromatic hydroxyl groups is 1. The first kappa shape index (κ1) is 26.8. The summed E-state index contributed by atoms with van der Waals surface area (Å²) in [4.78, 5) is 48.4. The number of aryl methyl sites for hydroxylation is 1. The van der Waals surface area contributed by atoms with Gasteiger partial charge in [0.05, 0.1) is 16.6 Å². The van der Waals surface area contributed by atoms with Crippen molar-refractivity contribution < 1.29 is 27.9 Å². The van der Waals surface area contributed by atoms with Gasteiger partial charge >= 0.3 is 0 Å². The number of phenolic OH excluding ortho intramolecular Hbond substituents is 1. The molecule has 3 aromatic heterocycles. The smallest absolute Gasteiger partial charge is 0.263 e. The summed E-state index contributed by atoms with van der Waals surface area (Å²) in [6, 6.07) is 2.40. The Balaban J connectivity index is 1.43. The van der Waals surface area contributed by atoms with E-state index in [1.54, 1.807) is 0 Å². The van der Waals surface area contributed by atoms with Crippen LogP contribution in [0.1, 0.15) is 35.4 Å². The van der Waals surface area contributed by atoms with Gasteiger partial charge < -0.3 is 19.9 Å². The lowest BCUT2D eigenvalue weighted by Gasteiger charge is -2.18. The quantitative estimate of drug-likeness (QED) is 0.258.